The highest BCUT2D eigenvalue weighted by Crippen LogP contribution is 2.24. The van der Waals surface area contributed by atoms with Gasteiger partial charge in [-0.2, -0.15) is 0 Å². The SMILES string of the molecule is Cc1ccc2c(c1)C(=O)N(CCC(=O)OCC(=O)c1ccc3c(c1)CCCC3)C2=O. The van der Waals surface area contributed by atoms with E-state index in [0.717, 1.165) is 29.7 Å². The molecular formula is C24H23NO5. The molecular weight excluding hydrogens is 382 g/mol. The highest BCUT2D eigenvalue weighted by Gasteiger charge is 2.35. The fraction of sp³-hybridized carbons (Fsp3) is 0.333. The zero-order valence-electron chi connectivity index (χ0n) is 16.9. The second kappa shape index (κ2) is 8.22. The second-order valence-electron chi connectivity index (χ2n) is 7.84. The lowest BCUT2D eigenvalue weighted by molar-refractivity contribution is -0.142. The highest BCUT2D eigenvalue weighted by atomic mass is 16.5. The summed E-state index contributed by atoms with van der Waals surface area (Å²) in [6.45, 7) is 1.42. The number of nitrogens with zero attached hydrogens (tertiary/aromatic N) is 1. The number of fused-ring (bicyclic) bond motifs is 2. The molecule has 0 radical (unpaired) electrons. The van der Waals surface area contributed by atoms with Crippen molar-refractivity contribution in [3.63, 3.8) is 0 Å². The Morgan fingerprint density at radius 1 is 0.933 bits per heavy atom. The Labute approximate surface area is 174 Å². The summed E-state index contributed by atoms with van der Waals surface area (Å²) in [5, 5.41) is 0. The van der Waals surface area contributed by atoms with Crippen LogP contribution in [0.3, 0.4) is 0 Å². The Kier molecular flexibility index (Phi) is 5.48. The van der Waals surface area contributed by atoms with E-state index in [9.17, 15) is 19.2 Å². The number of ketones is 1. The minimum Gasteiger partial charge on any atom is -0.457 e. The lowest BCUT2D eigenvalue weighted by Gasteiger charge is -2.16. The number of rotatable bonds is 6. The molecule has 4 rings (SSSR count). The van der Waals surface area contributed by atoms with Gasteiger partial charge >= 0.3 is 5.97 Å². The summed E-state index contributed by atoms with van der Waals surface area (Å²) in [6.07, 6.45) is 4.15. The molecule has 0 bridgehead atoms. The maximum Gasteiger partial charge on any atom is 0.308 e. The molecule has 0 spiro atoms. The molecule has 154 valence electrons. The molecule has 0 unspecified atom stereocenters. The van der Waals surface area contributed by atoms with Crippen LogP contribution < -0.4 is 0 Å². The topological polar surface area (TPSA) is 80.8 Å². The first-order valence-electron chi connectivity index (χ1n) is 10.2. The molecule has 6 nitrogen and oxygen atoms in total. The molecule has 1 heterocycles. The number of hydrogen-bond acceptors (Lipinski definition) is 5. The van der Waals surface area contributed by atoms with Crippen LogP contribution in [0.2, 0.25) is 0 Å². The zero-order valence-corrected chi connectivity index (χ0v) is 16.9. The third kappa shape index (κ3) is 3.90. The third-order valence-electron chi connectivity index (χ3n) is 5.70. The fourth-order valence-electron chi connectivity index (χ4n) is 4.02. The van der Waals surface area contributed by atoms with Gasteiger partial charge in [0.1, 0.15) is 0 Å². The van der Waals surface area contributed by atoms with Gasteiger partial charge in [-0.15, -0.1) is 0 Å². The lowest BCUT2D eigenvalue weighted by Crippen LogP contribution is -2.32. The van der Waals surface area contributed by atoms with Crippen molar-refractivity contribution in [2.45, 2.75) is 39.0 Å². The monoisotopic (exact) mass is 405 g/mol. The zero-order chi connectivity index (χ0) is 21.3. The van der Waals surface area contributed by atoms with E-state index in [1.807, 2.05) is 19.1 Å². The quantitative estimate of drug-likeness (QED) is 0.419. The summed E-state index contributed by atoms with van der Waals surface area (Å²) in [5.41, 5.74) is 4.61. The van der Waals surface area contributed by atoms with Crippen molar-refractivity contribution in [1.29, 1.82) is 0 Å². The maximum absolute atomic E-state index is 12.4. The average molecular weight is 405 g/mol. The Morgan fingerprint density at radius 3 is 2.47 bits per heavy atom. The van der Waals surface area contributed by atoms with E-state index in [4.69, 9.17) is 4.74 Å². The third-order valence-corrected chi connectivity index (χ3v) is 5.70. The molecule has 2 aromatic carbocycles. The van der Waals surface area contributed by atoms with Gasteiger partial charge in [0.25, 0.3) is 11.8 Å². The van der Waals surface area contributed by atoms with Gasteiger partial charge in [0.2, 0.25) is 0 Å². The summed E-state index contributed by atoms with van der Waals surface area (Å²) in [5.74, 6) is -1.69. The molecule has 0 fully saturated rings. The van der Waals surface area contributed by atoms with Crippen LogP contribution in [0, 0.1) is 6.92 Å². The van der Waals surface area contributed by atoms with E-state index in [1.165, 1.54) is 17.5 Å². The molecule has 2 aromatic rings. The molecule has 1 aliphatic carbocycles. The smallest absolute Gasteiger partial charge is 0.308 e. The van der Waals surface area contributed by atoms with Crippen LogP contribution in [-0.2, 0) is 22.4 Å². The van der Waals surface area contributed by atoms with Gasteiger partial charge in [0, 0.05) is 12.1 Å². The fourth-order valence-corrected chi connectivity index (χ4v) is 4.02. The lowest BCUT2D eigenvalue weighted by atomic mass is 9.90. The highest BCUT2D eigenvalue weighted by molar-refractivity contribution is 6.21. The van der Waals surface area contributed by atoms with Crippen LogP contribution in [-0.4, -0.2) is 41.6 Å². The van der Waals surface area contributed by atoms with Crippen molar-refractivity contribution >= 4 is 23.6 Å². The van der Waals surface area contributed by atoms with Gasteiger partial charge in [-0.1, -0.05) is 23.8 Å². The molecule has 2 amide bonds. The molecule has 0 N–H and O–H groups in total. The van der Waals surface area contributed by atoms with Gasteiger partial charge in [-0.05, 0) is 61.9 Å². The number of benzene rings is 2. The largest absolute Gasteiger partial charge is 0.457 e. The van der Waals surface area contributed by atoms with Crippen LogP contribution in [0.5, 0.6) is 0 Å². The maximum atomic E-state index is 12.4. The molecule has 30 heavy (non-hydrogen) atoms. The first-order valence-corrected chi connectivity index (χ1v) is 10.2. The Bertz CT molecular complexity index is 1060. The van der Waals surface area contributed by atoms with E-state index in [2.05, 4.69) is 0 Å². The number of ether oxygens (including phenoxy) is 1. The average Bonchev–Trinajstić information content (AvgIpc) is 2.99. The summed E-state index contributed by atoms with van der Waals surface area (Å²) in [7, 11) is 0. The molecule has 0 aromatic heterocycles. The minimum absolute atomic E-state index is 0.0722. The van der Waals surface area contributed by atoms with E-state index in [1.54, 1.807) is 24.3 Å². The van der Waals surface area contributed by atoms with Crippen molar-refractivity contribution in [1.82, 2.24) is 4.90 Å². The molecule has 0 atom stereocenters. The van der Waals surface area contributed by atoms with E-state index < -0.39 is 17.8 Å². The number of Topliss-reactive ketones (excluding diaryl/α,β-unsaturated/α-hetero) is 1. The van der Waals surface area contributed by atoms with E-state index in [-0.39, 0.29) is 25.4 Å². The Hall–Kier alpha value is -3.28. The van der Waals surface area contributed by atoms with Crippen molar-refractivity contribution in [2.24, 2.45) is 0 Å². The van der Waals surface area contributed by atoms with Crippen LogP contribution in [0.25, 0.3) is 0 Å². The number of esters is 1. The Morgan fingerprint density at radius 2 is 1.67 bits per heavy atom. The predicted octanol–water partition coefficient (Wildman–Crippen LogP) is 3.29. The number of carbonyl (C=O) groups is 4. The first kappa shape index (κ1) is 20.0. The van der Waals surface area contributed by atoms with Gasteiger partial charge < -0.3 is 4.74 Å². The van der Waals surface area contributed by atoms with Crippen LogP contribution in [0.15, 0.2) is 36.4 Å². The Balaban J connectivity index is 1.30. The molecule has 0 saturated carbocycles. The normalized spacial score (nSPS) is 15.0. The second-order valence-corrected chi connectivity index (χ2v) is 7.84. The number of hydrogen-bond donors (Lipinski definition) is 0. The van der Waals surface area contributed by atoms with Crippen LogP contribution in [0.4, 0.5) is 0 Å². The predicted molar refractivity (Wildman–Crippen MR) is 110 cm³/mol. The van der Waals surface area contributed by atoms with E-state index >= 15 is 0 Å². The summed E-state index contributed by atoms with van der Waals surface area (Å²) >= 11 is 0. The van der Waals surface area contributed by atoms with Crippen molar-refractivity contribution in [2.75, 3.05) is 13.2 Å². The van der Waals surface area contributed by atoms with Gasteiger partial charge in [0.05, 0.1) is 17.5 Å². The van der Waals surface area contributed by atoms with E-state index in [0.29, 0.717) is 16.7 Å². The summed E-state index contributed by atoms with van der Waals surface area (Å²) in [4.78, 5) is 50.4. The van der Waals surface area contributed by atoms with Gasteiger partial charge in [-0.3, -0.25) is 24.1 Å². The molecule has 1 aliphatic heterocycles. The van der Waals surface area contributed by atoms with Crippen LogP contribution in [0.1, 0.15) is 67.0 Å². The van der Waals surface area contributed by atoms with Crippen molar-refractivity contribution in [3.8, 4) is 0 Å². The van der Waals surface area contributed by atoms with Crippen LogP contribution >= 0.6 is 0 Å². The number of carbonyl (C=O) groups excluding carboxylic acids is 4. The molecule has 2 aliphatic rings. The summed E-state index contributed by atoms with van der Waals surface area (Å²) in [6, 6.07) is 10.7. The molecule has 0 saturated heterocycles. The molecule has 6 heteroatoms. The van der Waals surface area contributed by atoms with Crippen molar-refractivity contribution in [3.05, 3.63) is 69.8 Å². The van der Waals surface area contributed by atoms with Crippen molar-refractivity contribution < 1.29 is 23.9 Å². The summed E-state index contributed by atoms with van der Waals surface area (Å²) < 4.78 is 5.09. The number of aryl methyl sites for hydroxylation is 3. The number of imide groups is 1. The van der Waals surface area contributed by atoms with Gasteiger partial charge in [0.15, 0.2) is 12.4 Å². The minimum atomic E-state index is -0.617. The van der Waals surface area contributed by atoms with Gasteiger partial charge in [-0.25, -0.2) is 0 Å². The number of amides is 2. The standard InChI is InChI=1S/C24H23NO5/c1-15-6-9-19-20(12-15)24(29)25(23(19)28)11-10-22(27)30-14-21(26)18-8-7-16-4-2-3-5-17(16)13-18/h6-9,12-13H,2-5,10-11,14H2,1H3. The first-order chi connectivity index (χ1) is 14.4.